The average Bonchev–Trinajstić information content (AvgIpc) is 2.63. The lowest BCUT2D eigenvalue weighted by atomic mass is 10.0. The molecule has 0 rings (SSSR count). The van der Waals surface area contributed by atoms with Gasteiger partial charge < -0.3 is 20.4 Å². The van der Waals surface area contributed by atoms with E-state index < -0.39 is 24.3 Å². The summed E-state index contributed by atoms with van der Waals surface area (Å²) in [6.45, 7) is 2.10. The molecule has 5 nitrogen and oxygen atoms in total. The van der Waals surface area contributed by atoms with Crippen LogP contribution in [-0.4, -0.2) is 44.7 Å². The number of rotatable bonds is 17. The molecule has 0 fully saturated rings. The molecule has 0 aliphatic carbocycles. The summed E-state index contributed by atoms with van der Waals surface area (Å²) in [6.07, 6.45) is 17.4. The van der Waals surface area contributed by atoms with Crippen LogP contribution in [0.1, 0.15) is 77.6 Å². The summed E-state index contributed by atoms with van der Waals surface area (Å²) >= 11 is 0. The predicted octanol–water partition coefficient (Wildman–Crippen LogP) is 4.13. The number of aliphatic carboxylic acids is 1. The minimum Gasteiger partial charge on any atom is -0.481 e. The fourth-order valence-corrected chi connectivity index (χ4v) is 2.59. The van der Waals surface area contributed by atoms with Crippen molar-refractivity contribution in [2.45, 2.75) is 95.9 Å². The Labute approximate surface area is 164 Å². The number of aliphatic hydroxyl groups excluding tert-OH is 3. The fraction of sp³-hybridized carbons (Fsp3) is 0.682. The van der Waals surface area contributed by atoms with Crippen molar-refractivity contribution in [1.29, 1.82) is 0 Å². The highest BCUT2D eigenvalue weighted by Crippen LogP contribution is 2.10. The summed E-state index contributed by atoms with van der Waals surface area (Å²) in [5.41, 5.74) is 0. The van der Waals surface area contributed by atoms with Gasteiger partial charge in [0.1, 0.15) is 0 Å². The molecule has 27 heavy (non-hydrogen) atoms. The lowest BCUT2D eigenvalue weighted by Crippen LogP contribution is -2.25. The van der Waals surface area contributed by atoms with Gasteiger partial charge in [-0.15, -0.1) is 0 Å². The molecule has 156 valence electrons. The van der Waals surface area contributed by atoms with Gasteiger partial charge in [-0.1, -0.05) is 69.1 Å². The van der Waals surface area contributed by atoms with E-state index in [4.69, 9.17) is 5.11 Å². The Bertz CT molecular complexity index is 442. The second-order valence-corrected chi connectivity index (χ2v) is 6.95. The Morgan fingerprint density at radius 3 is 2.33 bits per heavy atom. The van der Waals surface area contributed by atoms with Crippen LogP contribution in [0.25, 0.3) is 0 Å². The molecule has 3 atom stereocenters. The molecule has 0 heterocycles. The highest BCUT2D eigenvalue weighted by molar-refractivity contribution is 5.66. The molecule has 0 bridgehead atoms. The van der Waals surface area contributed by atoms with Crippen molar-refractivity contribution in [3.63, 3.8) is 0 Å². The molecule has 0 aromatic rings. The summed E-state index contributed by atoms with van der Waals surface area (Å²) < 4.78 is 0. The third-order valence-electron chi connectivity index (χ3n) is 4.31. The van der Waals surface area contributed by atoms with E-state index in [1.165, 1.54) is 0 Å². The molecule has 0 saturated carbocycles. The number of unbranched alkanes of at least 4 members (excludes halogenated alkanes) is 5. The van der Waals surface area contributed by atoms with Crippen LogP contribution in [0.15, 0.2) is 36.5 Å². The van der Waals surface area contributed by atoms with Gasteiger partial charge in [0.25, 0.3) is 0 Å². The Kier molecular flexibility index (Phi) is 17.0. The van der Waals surface area contributed by atoms with Crippen molar-refractivity contribution >= 4 is 5.97 Å². The van der Waals surface area contributed by atoms with E-state index in [-0.39, 0.29) is 6.42 Å². The predicted molar refractivity (Wildman–Crippen MR) is 110 cm³/mol. The van der Waals surface area contributed by atoms with Crippen molar-refractivity contribution in [2.75, 3.05) is 0 Å². The maximum Gasteiger partial charge on any atom is 0.303 e. The molecule has 4 N–H and O–H groups in total. The standard InChI is InChI=1S/C22H38O5/c1-2-3-9-16-20(24)21(25)17-12-8-11-15-19(23)14-10-6-4-5-7-13-18-22(26)27/h6,8,10-12,15,19-21,23-25H,2-5,7,9,13-14,16-18H2,1H3,(H,26,27)/b10-6-,12-8-,15-11-. The zero-order chi connectivity index (χ0) is 20.3. The number of carboxylic acids is 1. The Hall–Kier alpha value is -1.43. The maximum absolute atomic E-state index is 10.4. The van der Waals surface area contributed by atoms with Gasteiger partial charge in [-0.25, -0.2) is 0 Å². The number of hydrogen-bond acceptors (Lipinski definition) is 4. The van der Waals surface area contributed by atoms with Crippen molar-refractivity contribution < 1.29 is 25.2 Å². The third kappa shape index (κ3) is 17.7. The SMILES string of the molecule is CCCCCC(O)C(O)C/C=C\C=C/C(O)C/C=C\CCCCCC(=O)O. The van der Waals surface area contributed by atoms with Gasteiger partial charge in [0.15, 0.2) is 0 Å². The zero-order valence-electron chi connectivity index (χ0n) is 16.7. The third-order valence-corrected chi connectivity index (χ3v) is 4.31. The molecular formula is C22H38O5. The molecule has 3 unspecified atom stereocenters. The summed E-state index contributed by atoms with van der Waals surface area (Å²) in [7, 11) is 0. The van der Waals surface area contributed by atoms with Crippen molar-refractivity contribution in [3.8, 4) is 0 Å². The lowest BCUT2D eigenvalue weighted by Gasteiger charge is -2.15. The largest absolute Gasteiger partial charge is 0.481 e. The minimum absolute atomic E-state index is 0.232. The normalized spacial score (nSPS) is 15.7. The molecule has 0 aliphatic rings. The van der Waals surface area contributed by atoms with E-state index in [1.807, 2.05) is 12.2 Å². The second kappa shape index (κ2) is 18.0. The lowest BCUT2D eigenvalue weighted by molar-refractivity contribution is -0.137. The van der Waals surface area contributed by atoms with E-state index in [1.54, 1.807) is 24.3 Å². The first-order valence-electron chi connectivity index (χ1n) is 10.2. The van der Waals surface area contributed by atoms with E-state index >= 15 is 0 Å². The topological polar surface area (TPSA) is 98.0 Å². The molecule has 0 aromatic heterocycles. The highest BCUT2D eigenvalue weighted by atomic mass is 16.4. The molecule has 0 radical (unpaired) electrons. The second-order valence-electron chi connectivity index (χ2n) is 6.95. The van der Waals surface area contributed by atoms with Gasteiger partial charge in [-0.2, -0.15) is 0 Å². The van der Waals surface area contributed by atoms with Crippen LogP contribution in [0, 0.1) is 0 Å². The first kappa shape index (κ1) is 25.6. The summed E-state index contributed by atoms with van der Waals surface area (Å²) in [6, 6.07) is 0. The molecule has 0 amide bonds. The zero-order valence-corrected chi connectivity index (χ0v) is 16.7. The van der Waals surface area contributed by atoms with E-state index in [9.17, 15) is 20.1 Å². The van der Waals surface area contributed by atoms with Crippen LogP contribution in [-0.2, 0) is 4.79 Å². The molecule has 5 heteroatoms. The Balaban J connectivity index is 3.77. The van der Waals surface area contributed by atoms with E-state index in [0.29, 0.717) is 25.7 Å². The van der Waals surface area contributed by atoms with Gasteiger partial charge in [-0.3, -0.25) is 4.79 Å². The quantitative estimate of drug-likeness (QED) is 0.172. The fourth-order valence-electron chi connectivity index (χ4n) is 2.59. The molecule has 0 aromatic carbocycles. The number of carbonyl (C=O) groups is 1. The first-order chi connectivity index (χ1) is 13.0. The van der Waals surface area contributed by atoms with Gasteiger partial charge in [0.05, 0.1) is 18.3 Å². The van der Waals surface area contributed by atoms with Crippen molar-refractivity contribution in [1.82, 2.24) is 0 Å². The van der Waals surface area contributed by atoms with Gasteiger partial charge in [0.2, 0.25) is 0 Å². The summed E-state index contributed by atoms with van der Waals surface area (Å²) in [5, 5.41) is 38.1. The van der Waals surface area contributed by atoms with Gasteiger partial charge in [0, 0.05) is 6.42 Å². The van der Waals surface area contributed by atoms with Crippen LogP contribution in [0.2, 0.25) is 0 Å². The van der Waals surface area contributed by atoms with E-state index in [0.717, 1.165) is 38.5 Å². The molecule has 0 saturated heterocycles. The first-order valence-corrected chi connectivity index (χ1v) is 10.2. The van der Waals surface area contributed by atoms with Crippen LogP contribution in [0.4, 0.5) is 0 Å². The summed E-state index contributed by atoms with van der Waals surface area (Å²) in [5.74, 6) is -0.743. The van der Waals surface area contributed by atoms with Gasteiger partial charge in [-0.05, 0) is 38.5 Å². The molecular weight excluding hydrogens is 344 g/mol. The smallest absolute Gasteiger partial charge is 0.303 e. The molecule has 0 aliphatic heterocycles. The minimum atomic E-state index is -0.743. The summed E-state index contributed by atoms with van der Waals surface area (Å²) in [4.78, 5) is 10.4. The van der Waals surface area contributed by atoms with Crippen LogP contribution in [0.3, 0.4) is 0 Å². The molecule has 0 spiro atoms. The number of allylic oxidation sites excluding steroid dienone is 3. The Morgan fingerprint density at radius 1 is 0.852 bits per heavy atom. The number of aliphatic hydroxyl groups is 3. The van der Waals surface area contributed by atoms with Crippen molar-refractivity contribution in [3.05, 3.63) is 36.5 Å². The Morgan fingerprint density at radius 2 is 1.63 bits per heavy atom. The van der Waals surface area contributed by atoms with E-state index in [2.05, 4.69) is 6.92 Å². The van der Waals surface area contributed by atoms with Gasteiger partial charge >= 0.3 is 5.97 Å². The highest BCUT2D eigenvalue weighted by Gasteiger charge is 2.13. The number of carboxylic acid groups (broad SMARTS) is 1. The van der Waals surface area contributed by atoms with Crippen LogP contribution >= 0.6 is 0 Å². The van der Waals surface area contributed by atoms with Crippen molar-refractivity contribution in [2.24, 2.45) is 0 Å². The number of hydrogen-bond donors (Lipinski definition) is 4. The van der Waals surface area contributed by atoms with Crippen LogP contribution < -0.4 is 0 Å². The monoisotopic (exact) mass is 382 g/mol. The van der Waals surface area contributed by atoms with Crippen LogP contribution in [0.5, 0.6) is 0 Å². The maximum atomic E-state index is 10.4. The average molecular weight is 383 g/mol.